The van der Waals surface area contributed by atoms with Crippen molar-refractivity contribution in [2.75, 3.05) is 13.8 Å². The number of aliphatic hydroxyl groups excluding tert-OH is 2. The average Bonchev–Trinajstić information content (AvgIpc) is 3.56. The molecule has 0 saturated heterocycles. The zero-order chi connectivity index (χ0) is 24.0. The molecular formula is C23H22ClF2N5O3. The maximum atomic E-state index is 14.4. The van der Waals surface area contributed by atoms with E-state index in [0.29, 0.717) is 40.8 Å². The predicted octanol–water partition coefficient (Wildman–Crippen LogP) is 3.78. The van der Waals surface area contributed by atoms with Gasteiger partial charge in [-0.2, -0.15) is 5.10 Å². The van der Waals surface area contributed by atoms with Gasteiger partial charge in [-0.25, -0.2) is 14.4 Å². The van der Waals surface area contributed by atoms with Crippen molar-refractivity contribution in [3.05, 3.63) is 58.9 Å². The molecule has 0 amide bonds. The third-order valence-corrected chi connectivity index (χ3v) is 6.73. The molecule has 4 aromatic rings. The van der Waals surface area contributed by atoms with Crippen LogP contribution in [0.4, 0.5) is 8.78 Å². The third-order valence-electron chi connectivity index (χ3n) is 6.34. The van der Waals surface area contributed by atoms with E-state index in [2.05, 4.69) is 20.1 Å². The molecule has 1 unspecified atom stereocenters. The summed E-state index contributed by atoms with van der Waals surface area (Å²) in [6, 6.07) is 2.46. The second-order valence-electron chi connectivity index (χ2n) is 8.35. The van der Waals surface area contributed by atoms with Crippen LogP contribution in [0.2, 0.25) is 5.02 Å². The zero-order valence-corrected chi connectivity index (χ0v) is 18.9. The van der Waals surface area contributed by atoms with Crippen LogP contribution in [0.25, 0.3) is 22.4 Å². The summed E-state index contributed by atoms with van der Waals surface area (Å²) in [6.45, 7) is -0.858. The summed E-state index contributed by atoms with van der Waals surface area (Å²) in [6.07, 6.45) is 5.81. The number of nitrogens with zero attached hydrogens (tertiary/aromatic N) is 4. The first-order chi connectivity index (χ1) is 16.4. The largest absolute Gasteiger partial charge is 0.496 e. The molecule has 5 rings (SSSR count). The summed E-state index contributed by atoms with van der Waals surface area (Å²) >= 11 is 6.22. The molecule has 1 aliphatic rings. The van der Waals surface area contributed by atoms with E-state index in [-0.39, 0.29) is 22.4 Å². The van der Waals surface area contributed by atoms with Gasteiger partial charge in [0.15, 0.2) is 5.65 Å². The number of H-pyrrole nitrogens is 1. The summed E-state index contributed by atoms with van der Waals surface area (Å²) < 4.78 is 35.6. The number of benzene rings is 1. The van der Waals surface area contributed by atoms with Gasteiger partial charge in [-0.1, -0.05) is 11.6 Å². The minimum Gasteiger partial charge on any atom is -0.496 e. The van der Waals surface area contributed by atoms with Gasteiger partial charge in [0.05, 0.1) is 48.5 Å². The Morgan fingerprint density at radius 3 is 2.74 bits per heavy atom. The summed E-state index contributed by atoms with van der Waals surface area (Å²) in [5, 5.41) is 23.8. The second kappa shape index (κ2) is 8.94. The lowest BCUT2D eigenvalue weighted by Gasteiger charge is -2.18. The van der Waals surface area contributed by atoms with Gasteiger partial charge < -0.3 is 19.9 Å². The highest BCUT2D eigenvalue weighted by atomic mass is 35.5. The van der Waals surface area contributed by atoms with Crippen molar-refractivity contribution >= 4 is 22.8 Å². The van der Waals surface area contributed by atoms with E-state index in [0.717, 1.165) is 0 Å². The maximum Gasteiger partial charge on any atom is 0.156 e. The van der Waals surface area contributed by atoms with Crippen LogP contribution >= 0.6 is 11.6 Å². The molecule has 0 radical (unpaired) electrons. The van der Waals surface area contributed by atoms with Gasteiger partial charge >= 0.3 is 0 Å². The van der Waals surface area contributed by atoms with Crippen molar-refractivity contribution in [3.8, 4) is 17.0 Å². The number of halogens is 3. The molecule has 0 aliphatic heterocycles. The van der Waals surface area contributed by atoms with Crippen molar-refractivity contribution in [1.29, 1.82) is 0 Å². The normalized spacial score (nSPS) is 21.3. The van der Waals surface area contributed by atoms with E-state index in [1.807, 2.05) is 0 Å². The number of methoxy groups -OCH3 is 1. The number of nitrogens with one attached hydrogen (secondary N) is 1. The van der Waals surface area contributed by atoms with Gasteiger partial charge in [0.25, 0.3) is 0 Å². The van der Waals surface area contributed by atoms with Crippen molar-refractivity contribution < 1.29 is 23.7 Å². The number of fused-ring (bicyclic) bond motifs is 1. The summed E-state index contributed by atoms with van der Waals surface area (Å²) in [5.41, 5.74) is 2.71. The van der Waals surface area contributed by atoms with Crippen LogP contribution in [0.1, 0.15) is 35.9 Å². The minimum absolute atomic E-state index is 0.128. The molecule has 1 aliphatic carbocycles. The van der Waals surface area contributed by atoms with Crippen molar-refractivity contribution in [3.63, 3.8) is 0 Å². The lowest BCUT2D eigenvalue weighted by Crippen LogP contribution is -2.17. The molecule has 3 aromatic heterocycles. The monoisotopic (exact) mass is 489 g/mol. The molecule has 11 heteroatoms. The number of rotatable bonds is 6. The van der Waals surface area contributed by atoms with Gasteiger partial charge in [0, 0.05) is 35.0 Å². The van der Waals surface area contributed by atoms with Crippen LogP contribution in [0.3, 0.4) is 0 Å². The van der Waals surface area contributed by atoms with Crippen molar-refractivity contribution in [2.24, 2.45) is 0 Å². The van der Waals surface area contributed by atoms with E-state index >= 15 is 0 Å². The van der Waals surface area contributed by atoms with E-state index < -0.39 is 30.6 Å². The Morgan fingerprint density at radius 1 is 1.26 bits per heavy atom. The topological polar surface area (TPSA) is 109 Å². The lowest BCUT2D eigenvalue weighted by molar-refractivity contribution is 0.0438. The molecule has 8 nitrogen and oxygen atoms in total. The Bertz CT molecular complexity index is 1330. The first kappa shape index (κ1) is 22.7. The van der Waals surface area contributed by atoms with E-state index in [9.17, 15) is 19.0 Å². The number of hydrogen-bond acceptors (Lipinski definition) is 6. The Balaban J connectivity index is 1.54. The van der Waals surface area contributed by atoms with Crippen LogP contribution < -0.4 is 4.74 Å². The molecule has 178 valence electrons. The highest BCUT2D eigenvalue weighted by Gasteiger charge is 2.33. The molecule has 3 N–H and O–H groups in total. The van der Waals surface area contributed by atoms with Crippen LogP contribution in [0.15, 0.2) is 36.9 Å². The summed E-state index contributed by atoms with van der Waals surface area (Å²) in [4.78, 5) is 12.1. The number of aromatic nitrogens is 5. The molecule has 34 heavy (non-hydrogen) atoms. The number of alkyl halides is 1. The predicted molar refractivity (Wildman–Crippen MR) is 121 cm³/mol. The Kier molecular flexibility index (Phi) is 5.97. The number of ether oxygens (including phenoxy) is 1. The summed E-state index contributed by atoms with van der Waals surface area (Å²) in [7, 11) is 1.41. The summed E-state index contributed by atoms with van der Waals surface area (Å²) in [5.74, 6) is -1.33. The van der Waals surface area contributed by atoms with Crippen LogP contribution in [0.5, 0.6) is 5.75 Å². The quantitative estimate of drug-likeness (QED) is 0.380. The van der Waals surface area contributed by atoms with Crippen molar-refractivity contribution in [2.45, 2.75) is 37.0 Å². The van der Waals surface area contributed by atoms with E-state index in [1.54, 1.807) is 29.5 Å². The number of aliphatic hydroxyl groups is 2. The van der Waals surface area contributed by atoms with Gasteiger partial charge in [-0.3, -0.25) is 9.07 Å². The Hall–Kier alpha value is -3.08. The Labute approximate surface area is 198 Å². The average molecular weight is 490 g/mol. The van der Waals surface area contributed by atoms with E-state index in [1.165, 1.54) is 19.2 Å². The lowest BCUT2D eigenvalue weighted by atomic mass is 9.92. The van der Waals surface area contributed by atoms with Crippen molar-refractivity contribution in [1.82, 2.24) is 24.7 Å². The maximum absolute atomic E-state index is 14.4. The SMILES string of the molecule is COc1ccc(F)c(Cl)c1[C@H](CF)c1c[nH]c2ncc(-c3cnn(C4C[C@@H](O)[C@@H](O)C4)c3)nc12. The first-order valence-electron chi connectivity index (χ1n) is 10.7. The number of hydrogen-bond donors (Lipinski definition) is 3. The highest BCUT2D eigenvalue weighted by Crippen LogP contribution is 2.41. The Morgan fingerprint density at radius 2 is 2.03 bits per heavy atom. The fourth-order valence-electron chi connectivity index (χ4n) is 4.54. The smallest absolute Gasteiger partial charge is 0.156 e. The fourth-order valence-corrected chi connectivity index (χ4v) is 4.82. The van der Waals surface area contributed by atoms with Crippen LogP contribution in [-0.4, -0.2) is 60.9 Å². The van der Waals surface area contributed by atoms with Gasteiger partial charge in [-0.05, 0) is 25.0 Å². The number of aromatic amines is 1. The molecule has 0 bridgehead atoms. The molecule has 1 fully saturated rings. The zero-order valence-electron chi connectivity index (χ0n) is 18.1. The first-order valence-corrected chi connectivity index (χ1v) is 11.1. The minimum atomic E-state index is -0.930. The second-order valence-corrected chi connectivity index (χ2v) is 8.73. The molecular weight excluding hydrogens is 468 g/mol. The van der Waals surface area contributed by atoms with Gasteiger partial charge in [0.1, 0.15) is 23.8 Å². The molecule has 4 atom stereocenters. The van der Waals surface area contributed by atoms with E-state index in [4.69, 9.17) is 16.3 Å². The third kappa shape index (κ3) is 3.81. The molecule has 0 spiro atoms. The highest BCUT2D eigenvalue weighted by molar-refractivity contribution is 6.31. The molecule has 1 saturated carbocycles. The van der Waals surface area contributed by atoms with Gasteiger partial charge in [-0.15, -0.1) is 0 Å². The fraction of sp³-hybridized carbons (Fsp3) is 0.348. The van der Waals surface area contributed by atoms with Crippen LogP contribution in [-0.2, 0) is 0 Å². The molecule has 3 heterocycles. The molecule has 1 aromatic carbocycles. The standard InChI is InChI=1S/C23H22ClF2N5O3/c1-34-19-3-2-15(26)21(24)20(19)13(6-25)14-8-27-23-22(14)30-16(9-28-23)11-7-29-31(10-11)12-4-17(32)18(33)5-12/h2-3,7-10,12-13,17-18,32-33H,4-6H2,1H3,(H,27,28)/t12?,13-,17-,18+/m1/s1. The van der Waals surface area contributed by atoms with Crippen LogP contribution in [0, 0.1) is 5.82 Å². The van der Waals surface area contributed by atoms with Gasteiger partial charge in [0.2, 0.25) is 0 Å².